The van der Waals surface area contributed by atoms with Crippen LogP contribution < -0.4 is 0 Å². The van der Waals surface area contributed by atoms with Crippen LogP contribution in [0.4, 0.5) is 0 Å². The molecule has 0 saturated heterocycles. The zero-order chi connectivity index (χ0) is 18.0. The normalized spacial score (nSPS) is 11.1. The van der Waals surface area contributed by atoms with Crippen molar-refractivity contribution in [3.05, 3.63) is 84.4 Å². The van der Waals surface area contributed by atoms with E-state index in [0.29, 0.717) is 19.3 Å². The fourth-order valence-corrected chi connectivity index (χ4v) is 3.99. The van der Waals surface area contributed by atoms with Gasteiger partial charge in [-0.15, -0.1) is 0 Å². The second kappa shape index (κ2) is 9.93. The summed E-state index contributed by atoms with van der Waals surface area (Å²) < 4.78 is 17.4. The monoisotopic (exact) mass is 356 g/mol. The van der Waals surface area contributed by atoms with Crippen molar-refractivity contribution in [2.75, 3.05) is 6.61 Å². The molecular weight excluding hydrogens is 332 g/mol. The lowest BCUT2D eigenvalue weighted by atomic mass is 10.2. The van der Waals surface area contributed by atoms with E-state index >= 15 is 0 Å². The Morgan fingerprint density at radius 3 is 1.88 bits per heavy atom. The van der Waals surface area contributed by atoms with E-state index < -0.39 is 14.5 Å². The molecule has 0 bridgehead atoms. The third-order valence-electron chi connectivity index (χ3n) is 3.74. The van der Waals surface area contributed by atoms with Gasteiger partial charge < -0.3 is 13.6 Å². The van der Waals surface area contributed by atoms with Crippen molar-refractivity contribution < 1.29 is 18.4 Å². The molecule has 2 rings (SSSR count). The summed E-state index contributed by atoms with van der Waals surface area (Å²) in [6.45, 7) is 6.62. The molecule has 0 unspecified atom stereocenters. The van der Waals surface area contributed by atoms with Crippen molar-refractivity contribution >= 4 is 14.5 Å². The van der Waals surface area contributed by atoms with Gasteiger partial charge in [0.05, 0.1) is 19.8 Å². The van der Waals surface area contributed by atoms with E-state index in [1.54, 1.807) is 0 Å². The second-order valence-corrected chi connectivity index (χ2v) is 9.15. The molecule has 5 heteroatoms. The minimum absolute atomic E-state index is 0.261. The zero-order valence-electron chi connectivity index (χ0n) is 14.5. The molecule has 0 radical (unpaired) electrons. The number of benzene rings is 2. The molecule has 2 aromatic carbocycles. The molecule has 0 fully saturated rings. The fourth-order valence-electron chi connectivity index (χ4n) is 2.20. The fraction of sp³-hybridized carbons (Fsp3) is 0.250. The third kappa shape index (κ3) is 7.05. The molecule has 0 aliphatic heterocycles. The topological polar surface area (TPSA) is 44.8 Å². The quantitative estimate of drug-likeness (QED) is 0.363. The zero-order valence-corrected chi connectivity index (χ0v) is 15.5. The Hall–Kier alpha value is -2.21. The molecule has 0 aromatic heterocycles. The van der Waals surface area contributed by atoms with Crippen LogP contribution in [0.3, 0.4) is 0 Å². The van der Waals surface area contributed by atoms with Gasteiger partial charge in [0.1, 0.15) is 0 Å². The van der Waals surface area contributed by atoms with Crippen LogP contribution in [0.25, 0.3) is 0 Å². The van der Waals surface area contributed by atoms with E-state index in [9.17, 15) is 4.79 Å². The van der Waals surface area contributed by atoms with E-state index in [1.807, 2.05) is 67.2 Å². The maximum Gasteiger partial charge on any atom is 0.338 e. The first-order chi connectivity index (χ1) is 12.1. The Kier molecular flexibility index (Phi) is 7.59. The molecule has 0 spiro atoms. The first kappa shape index (κ1) is 19.1. The molecule has 132 valence electrons. The highest BCUT2D eigenvalue weighted by Crippen LogP contribution is 2.19. The average molecular weight is 356 g/mol. The molecule has 0 heterocycles. The van der Waals surface area contributed by atoms with Crippen molar-refractivity contribution in [3.63, 3.8) is 0 Å². The van der Waals surface area contributed by atoms with Crippen molar-refractivity contribution in [2.24, 2.45) is 0 Å². The maximum absolute atomic E-state index is 11.2. The summed E-state index contributed by atoms with van der Waals surface area (Å²) in [5, 5.41) is 0. The summed E-state index contributed by atoms with van der Waals surface area (Å²) in [5.41, 5.74) is 2.18. The lowest BCUT2D eigenvalue weighted by Gasteiger charge is -2.27. The third-order valence-corrected chi connectivity index (χ3v) is 6.36. The number of carbonyl (C=O) groups is 1. The van der Waals surface area contributed by atoms with Crippen LogP contribution >= 0.6 is 0 Å². The molecule has 2 aromatic rings. The summed E-state index contributed by atoms with van der Waals surface area (Å²) in [5.74, 6) is -0.428. The molecule has 0 saturated carbocycles. The van der Waals surface area contributed by atoms with Gasteiger partial charge >= 0.3 is 14.5 Å². The summed E-state index contributed by atoms with van der Waals surface area (Å²) in [7, 11) is -2.51. The van der Waals surface area contributed by atoms with E-state index in [-0.39, 0.29) is 6.61 Å². The molecule has 0 aliphatic rings. The summed E-state index contributed by atoms with van der Waals surface area (Å²) >= 11 is 0. The van der Waals surface area contributed by atoms with E-state index in [0.717, 1.165) is 17.2 Å². The number of carbonyl (C=O) groups excluding carboxylic acids is 1. The molecule has 0 amide bonds. The number of hydrogen-bond acceptors (Lipinski definition) is 4. The minimum Gasteiger partial charge on any atom is -0.463 e. The first-order valence-electron chi connectivity index (χ1n) is 8.26. The van der Waals surface area contributed by atoms with Gasteiger partial charge in [-0.1, -0.05) is 67.2 Å². The van der Waals surface area contributed by atoms with Gasteiger partial charge in [-0.25, -0.2) is 4.79 Å². The highest BCUT2D eigenvalue weighted by molar-refractivity contribution is 6.66. The standard InChI is InChI=1S/C20H24O4Si/c1-3-20(21)22-14-15-25(2,23-16-18-10-6-4-7-11-18)24-17-19-12-8-5-9-13-19/h3-13H,1,14-17H2,2H3. The minimum atomic E-state index is -2.51. The van der Waals surface area contributed by atoms with Crippen LogP contribution in [0.15, 0.2) is 73.3 Å². The van der Waals surface area contributed by atoms with Crippen LogP contribution in [0.5, 0.6) is 0 Å². The Morgan fingerprint density at radius 1 is 0.960 bits per heavy atom. The van der Waals surface area contributed by atoms with Gasteiger partial charge in [-0.3, -0.25) is 0 Å². The Morgan fingerprint density at radius 2 is 1.44 bits per heavy atom. The number of rotatable bonds is 10. The van der Waals surface area contributed by atoms with E-state index in [1.165, 1.54) is 0 Å². The van der Waals surface area contributed by atoms with Gasteiger partial charge in [0.25, 0.3) is 0 Å². The Balaban J connectivity index is 1.95. The SMILES string of the molecule is C=CC(=O)OCC[Si](C)(OCc1ccccc1)OCc1ccccc1. The molecular formula is C20H24O4Si. The second-order valence-electron chi connectivity index (χ2n) is 5.80. The maximum atomic E-state index is 11.2. The van der Waals surface area contributed by atoms with Gasteiger partial charge in [0, 0.05) is 12.1 Å². The van der Waals surface area contributed by atoms with Crippen LogP contribution in [0.2, 0.25) is 12.6 Å². The molecule has 0 aliphatic carbocycles. The van der Waals surface area contributed by atoms with Crippen LogP contribution in [0, 0.1) is 0 Å². The highest BCUT2D eigenvalue weighted by Gasteiger charge is 2.32. The van der Waals surface area contributed by atoms with Gasteiger partial charge in [-0.05, 0) is 17.7 Å². The average Bonchev–Trinajstić information content (AvgIpc) is 2.66. The summed E-state index contributed by atoms with van der Waals surface area (Å²) in [6.07, 6.45) is 1.16. The predicted octanol–water partition coefficient (Wildman–Crippen LogP) is 4.22. The molecule has 4 nitrogen and oxygen atoms in total. The van der Waals surface area contributed by atoms with Crippen molar-refractivity contribution in [3.8, 4) is 0 Å². The lowest BCUT2D eigenvalue weighted by Crippen LogP contribution is -2.39. The molecule has 25 heavy (non-hydrogen) atoms. The van der Waals surface area contributed by atoms with E-state index in [2.05, 4.69) is 6.58 Å². The number of esters is 1. The summed E-state index contributed by atoms with van der Waals surface area (Å²) in [4.78, 5) is 11.2. The van der Waals surface area contributed by atoms with Crippen LogP contribution in [-0.2, 0) is 31.6 Å². The molecule has 0 atom stereocenters. The first-order valence-corrected chi connectivity index (χ1v) is 10.8. The van der Waals surface area contributed by atoms with Crippen LogP contribution in [0.1, 0.15) is 11.1 Å². The number of ether oxygens (including phenoxy) is 1. The number of hydrogen-bond donors (Lipinski definition) is 0. The largest absolute Gasteiger partial charge is 0.463 e. The smallest absolute Gasteiger partial charge is 0.338 e. The van der Waals surface area contributed by atoms with Crippen molar-refractivity contribution in [1.82, 2.24) is 0 Å². The van der Waals surface area contributed by atoms with Gasteiger partial charge in [-0.2, -0.15) is 0 Å². The van der Waals surface area contributed by atoms with Crippen LogP contribution in [-0.4, -0.2) is 21.1 Å². The Labute approximate surface area is 150 Å². The van der Waals surface area contributed by atoms with E-state index in [4.69, 9.17) is 13.6 Å². The lowest BCUT2D eigenvalue weighted by molar-refractivity contribution is -0.137. The van der Waals surface area contributed by atoms with Gasteiger partial charge in [0.15, 0.2) is 0 Å². The summed E-state index contributed by atoms with van der Waals surface area (Å²) in [6, 6.07) is 20.5. The highest BCUT2D eigenvalue weighted by atomic mass is 28.4. The predicted molar refractivity (Wildman–Crippen MR) is 100 cm³/mol. The van der Waals surface area contributed by atoms with Gasteiger partial charge in [0.2, 0.25) is 0 Å². The molecule has 0 N–H and O–H groups in total. The van der Waals surface area contributed by atoms with Crippen molar-refractivity contribution in [2.45, 2.75) is 25.8 Å². The van der Waals surface area contributed by atoms with Crippen molar-refractivity contribution in [1.29, 1.82) is 0 Å². The Bertz CT molecular complexity index is 614.